The lowest BCUT2D eigenvalue weighted by molar-refractivity contribution is -0.870. The van der Waals surface area contributed by atoms with Gasteiger partial charge in [0.05, 0.1) is 27.7 Å². The molecule has 0 radical (unpaired) electrons. The highest BCUT2D eigenvalue weighted by Gasteiger charge is 2.29. The van der Waals surface area contributed by atoms with Crippen molar-refractivity contribution in [2.45, 2.75) is 40.5 Å². The largest absolute Gasteiger partial charge is 1.00 e. The number of carbonyl (C=O) groups is 1. The monoisotopic (exact) mass is 422 g/mol. The van der Waals surface area contributed by atoms with E-state index in [-0.39, 0.29) is 29.9 Å². The van der Waals surface area contributed by atoms with Crippen LogP contribution in [0.3, 0.4) is 0 Å². The van der Waals surface area contributed by atoms with Gasteiger partial charge >= 0.3 is 0 Å². The summed E-state index contributed by atoms with van der Waals surface area (Å²) in [6, 6.07) is 0. The van der Waals surface area contributed by atoms with Crippen molar-refractivity contribution < 1.29 is 33.3 Å². The quantitative estimate of drug-likeness (QED) is 0.340. The first kappa shape index (κ1) is 21.9. The highest BCUT2D eigenvalue weighted by atomic mass is 127. The van der Waals surface area contributed by atoms with Crippen LogP contribution < -0.4 is 24.0 Å². The first-order valence-corrected chi connectivity index (χ1v) is 8.33. The van der Waals surface area contributed by atoms with E-state index in [0.29, 0.717) is 17.8 Å². The molecule has 1 amide bonds. The summed E-state index contributed by atoms with van der Waals surface area (Å²) in [5.41, 5.74) is 1.51. The van der Waals surface area contributed by atoms with E-state index in [1.165, 1.54) is 12.0 Å². The van der Waals surface area contributed by atoms with Crippen LogP contribution in [0.5, 0.6) is 0 Å². The Bertz CT molecular complexity index is 387. The molecular formula is C18H35IN2O. The third-order valence-corrected chi connectivity index (χ3v) is 4.73. The van der Waals surface area contributed by atoms with Crippen molar-refractivity contribution in [1.82, 2.24) is 4.90 Å². The van der Waals surface area contributed by atoms with E-state index in [4.69, 9.17) is 0 Å². The number of rotatable bonds is 6. The fraction of sp³-hybridized carbons (Fsp3) is 0.833. The van der Waals surface area contributed by atoms with Gasteiger partial charge in [0.2, 0.25) is 5.91 Å². The number of carbonyl (C=O) groups excluding carboxylic acids is 1. The summed E-state index contributed by atoms with van der Waals surface area (Å²) in [5, 5.41) is 0. The van der Waals surface area contributed by atoms with Gasteiger partial charge in [-0.2, -0.15) is 0 Å². The Labute approximate surface area is 154 Å². The summed E-state index contributed by atoms with van der Waals surface area (Å²) in [6.45, 7) is 11.5. The van der Waals surface area contributed by atoms with Crippen molar-refractivity contribution in [3.05, 3.63) is 11.6 Å². The van der Waals surface area contributed by atoms with E-state index in [1.54, 1.807) is 6.92 Å². The molecule has 22 heavy (non-hydrogen) atoms. The van der Waals surface area contributed by atoms with Crippen LogP contribution in [-0.2, 0) is 4.79 Å². The Hall–Kier alpha value is -0.100. The van der Waals surface area contributed by atoms with E-state index in [9.17, 15) is 4.79 Å². The van der Waals surface area contributed by atoms with Crippen LogP contribution in [0.15, 0.2) is 11.6 Å². The van der Waals surface area contributed by atoms with E-state index in [2.05, 4.69) is 52.9 Å². The van der Waals surface area contributed by atoms with Crippen molar-refractivity contribution in [2.75, 3.05) is 40.8 Å². The first-order chi connectivity index (χ1) is 9.60. The minimum Gasteiger partial charge on any atom is -1.00 e. The second-order valence-electron chi connectivity index (χ2n) is 8.05. The summed E-state index contributed by atoms with van der Waals surface area (Å²) in [7, 11) is 6.62. The van der Waals surface area contributed by atoms with Crippen LogP contribution in [-0.4, -0.2) is 56.1 Å². The second kappa shape index (κ2) is 9.26. The number of allylic oxidation sites excluding steroid dienone is 2. The minimum absolute atomic E-state index is 0. The zero-order chi connectivity index (χ0) is 16.2. The molecule has 130 valence electrons. The molecule has 0 heterocycles. The van der Waals surface area contributed by atoms with Crippen LogP contribution in [0.4, 0.5) is 0 Å². The molecule has 3 nitrogen and oxygen atoms in total. The van der Waals surface area contributed by atoms with Crippen LogP contribution in [0, 0.1) is 17.8 Å². The lowest BCUT2D eigenvalue weighted by Crippen LogP contribution is -3.00. The maximum Gasteiger partial charge on any atom is 0.219 e. The molecule has 0 aromatic heterocycles. The predicted molar refractivity (Wildman–Crippen MR) is 90.0 cm³/mol. The molecule has 0 saturated heterocycles. The van der Waals surface area contributed by atoms with Crippen molar-refractivity contribution in [3.8, 4) is 0 Å². The molecule has 0 N–H and O–H groups in total. The number of hydrogen-bond acceptors (Lipinski definition) is 1. The van der Waals surface area contributed by atoms with Crippen LogP contribution in [0.25, 0.3) is 0 Å². The summed E-state index contributed by atoms with van der Waals surface area (Å²) in [6.07, 6.45) is 4.65. The van der Waals surface area contributed by atoms with Gasteiger partial charge in [0.1, 0.15) is 0 Å². The molecule has 1 aliphatic rings. The molecule has 4 heteroatoms. The third kappa shape index (κ3) is 7.44. The average Bonchev–Trinajstić information content (AvgIpc) is 2.29. The van der Waals surface area contributed by atoms with E-state index in [0.717, 1.165) is 30.5 Å². The number of quaternary nitrogens is 1. The van der Waals surface area contributed by atoms with Gasteiger partial charge in [0.25, 0.3) is 0 Å². The molecule has 0 aromatic carbocycles. The third-order valence-electron chi connectivity index (χ3n) is 4.73. The molecule has 0 fully saturated rings. The standard InChI is InChI=1S/C18H35N2O.HI/c1-14-11-15(2)18(16(3)12-14)13-19(17(4)21)9-8-10-20(5,6)7;/h11,15-16,18H,8-10,12-13H2,1-7H3;1H/q+1;/p-1. The second-order valence-corrected chi connectivity index (χ2v) is 8.05. The van der Waals surface area contributed by atoms with Gasteiger partial charge in [0.15, 0.2) is 0 Å². The molecule has 0 aliphatic heterocycles. The van der Waals surface area contributed by atoms with Crippen LogP contribution in [0.1, 0.15) is 40.5 Å². The number of halogens is 1. The van der Waals surface area contributed by atoms with Gasteiger partial charge in [-0.15, -0.1) is 0 Å². The van der Waals surface area contributed by atoms with E-state index < -0.39 is 0 Å². The van der Waals surface area contributed by atoms with Crippen LogP contribution in [0.2, 0.25) is 0 Å². The molecule has 3 atom stereocenters. The Morgan fingerprint density at radius 1 is 1.32 bits per heavy atom. The average molecular weight is 422 g/mol. The Kier molecular flexibility index (Phi) is 9.22. The first-order valence-electron chi connectivity index (χ1n) is 8.33. The molecule has 1 rings (SSSR count). The maximum atomic E-state index is 12.0. The van der Waals surface area contributed by atoms with Crippen LogP contribution >= 0.6 is 0 Å². The van der Waals surface area contributed by atoms with Crippen molar-refractivity contribution >= 4 is 5.91 Å². The van der Waals surface area contributed by atoms with Crippen molar-refractivity contribution in [3.63, 3.8) is 0 Å². The Morgan fingerprint density at radius 2 is 1.91 bits per heavy atom. The van der Waals surface area contributed by atoms with E-state index >= 15 is 0 Å². The molecular weight excluding hydrogens is 387 g/mol. The summed E-state index contributed by atoms with van der Waals surface area (Å²) in [4.78, 5) is 14.0. The molecule has 1 aliphatic carbocycles. The number of hydrogen-bond donors (Lipinski definition) is 0. The zero-order valence-electron chi connectivity index (χ0n) is 15.5. The molecule has 0 saturated carbocycles. The smallest absolute Gasteiger partial charge is 0.219 e. The van der Waals surface area contributed by atoms with Gasteiger partial charge in [-0.1, -0.05) is 25.5 Å². The molecule has 0 bridgehead atoms. The lowest BCUT2D eigenvalue weighted by Gasteiger charge is -2.37. The number of amides is 1. The minimum atomic E-state index is 0. The Balaban J connectivity index is 0.00000441. The zero-order valence-corrected chi connectivity index (χ0v) is 17.7. The van der Waals surface area contributed by atoms with Gasteiger partial charge in [-0.3, -0.25) is 4.79 Å². The van der Waals surface area contributed by atoms with Gasteiger partial charge in [-0.25, -0.2) is 0 Å². The topological polar surface area (TPSA) is 20.3 Å². The molecule has 3 unspecified atom stereocenters. The molecule has 0 spiro atoms. The van der Waals surface area contributed by atoms with Crippen molar-refractivity contribution in [2.24, 2.45) is 17.8 Å². The van der Waals surface area contributed by atoms with E-state index in [1.807, 2.05) is 0 Å². The number of nitrogens with zero attached hydrogens (tertiary/aromatic N) is 2. The highest BCUT2D eigenvalue weighted by Crippen LogP contribution is 2.34. The van der Waals surface area contributed by atoms with Gasteiger partial charge < -0.3 is 33.4 Å². The van der Waals surface area contributed by atoms with Gasteiger partial charge in [-0.05, 0) is 31.1 Å². The molecule has 0 aromatic rings. The fourth-order valence-corrected chi connectivity index (χ4v) is 3.53. The Morgan fingerprint density at radius 3 is 2.36 bits per heavy atom. The van der Waals surface area contributed by atoms with Crippen molar-refractivity contribution in [1.29, 1.82) is 0 Å². The summed E-state index contributed by atoms with van der Waals surface area (Å²) in [5.74, 6) is 2.07. The fourth-order valence-electron chi connectivity index (χ4n) is 3.53. The SMILES string of the molecule is CC(=O)N(CCC[N+](C)(C)C)CC1C(C)C=C(C)CC1C.[I-]. The highest BCUT2D eigenvalue weighted by molar-refractivity contribution is 5.73. The predicted octanol–water partition coefficient (Wildman–Crippen LogP) is 0.174. The van der Waals surface area contributed by atoms with Gasteiger partial charge in [0, 0.05) is 26.4 Å². The summed E-state index contributed by atoms with van der Waals surface area (Å²) >= 11 is 0. The lowest BCUT2D eigenvalue weighted by atomic mass is 9.74. The normalized spacial score (nSPS) is 25.2. The maximum absolute atomic E-state index is 12.0. The summed E-state index contributed by atoms with van der Waals surface area (Å²) < 4.78 is 0.962.